The van der Waals surface area contributed by atoms with E-state index in [9.17, 15) is 0 Å². The Morgan fingerprint density at radius 1 is 1.12 bits per heavy atom. The lowest BCUT2D eigenvalue weighted by molar-refractivity contribution is 0.414. The van der Waals surface area contributed by atoms with Gasteiger partial charge in [0.1, 0.15) is 5.75 Å². The molecule has 25 heavy (non-hydrogen) atoms. The van der Waals surface area contributed by atoms with Gasteiger partial charge in [-0.25, -0.2) is 0 Å². The van der Waals surface area contributed by atoms with Crippen LogP contribution >= 0.6 is 0 Å². The summed E-state index contributed by atoms with van der Waals surface area (Å²) in [6.07, 6.45) is 5.82. The third kappa shape index (κ3) is 4.29. The van der Waals surface area contributed by atoms with E-state index in [0.717, 1.165) is 30.4 Å². The molecule has 130 valence electrons. The molecule has 2 aromatic heterocycles. The van der Waals surface area contributed by atoms with Crippen LogP contribution in [0.5, 0.6) is 5.75 Å². The van der Waals surface area contributed by atoms with E-state index in [0.29, 0.717) is 6.54 Å². The number of hydrogen-bond donors (Lipinski definition) is 0. The van der Waals surface area contributed by atoms with Gasteiger partial charge >= 0.3 is 0 Å². The van der Waals surface area contributed by atoms with Crippen molar-refractivity contribution in [1.82, 2.24) is 19.6 Å². The molecule has 0 bridgehead atoms. The molecule has 0 saturated heterocycles. The molecule has 0 aliphatic carbocycles. The zero-order chi connectivity index (χ0) is 17.6. The van der Waals surface area contributed by atoms with Crippen molar-refractivity contribution in [2.45, 2.75) is 13.1 Å². The molecular weight excluding hydrogens is 314 g/mol. The summed E-state index contributed by atoms with van der Waals surface area (Å²) in [5.74, 6) is 1.77. The van der Waals surface area contributed by atoms with Crippen LogP contribution in [0.4, 0.5) is 5.82 Å². The number of rotatable bonds is 8. The summed E-state index contributed by atoms with van der Waals surface area (Å²) in [5, 5.41) is 9.14. The Hall–Kier alpha value is -3.02. The number of aryl methyl sites for hydroxylation is 1. The number of ether oxygens (including phenoxy) is 1. The van der Waals surface area contributed by atoms with E-state index in [2.05, 4.69) is 28.7 Å². The van der Waals surface area contributed by atoms with E-state index in [4.69, 9.17) is 9.84 Å². The molecule has 3 rings (SSSR count). The van der Waals surface area contributed by atoms with E-state index >= 15 is 0 Å². The SMILES string of the molecule is C=CCN(Cc1ccn(C)n1)c1ccn(Cc2ccc(OC)cc2)n1. The van der Waals surface area contributed by atoms with E-state index < -0.39 is 0 Å². The molecule has 0 fully saturated rings. The summed E-state index contributed by atoms with van der Waals surface area (Å²) in [4.78, 5) is 2.15. The summed E-state index contributed by atoms with van der Waals surface area (Å²) in [6.45, 7) is 5.99. The Morgan fingerprint density at radius 3 is 2.56 bits per heavy atom. The maximum absolute atomic E-state index is 5.19. The van der Waals surface area contributed by atoms with Gasteiger partial charge < -0.3 is 9.64 Å². The molecule has 0 spiro atoms. The van der Waals surface area contributed by atoms with Crippen LogP contribution in [0, 0.1) is 0 Å². The fraction of sp³-hybridized carbons (Fsp3) is 0.263. The minimum Gasteiger partial charge on any atom is -0.497 e. The summed E-state index contributed by atoms with van der Waals surface area (Å²) in [7, 11) is 3.59. The number of nitrogens with zero attached hydrogens (tertiary/aromatic N) is 5. The van der Waals surface area contributed by atoms with Gasteiger partial charge in [-0.1, -0.05) is 18.2 Å². The lowest BCUT2D eigenvalue weighted by Gasteiger charge is -2.19. The van der Waals surface area contributed by atoms with Gasteiger partial charge in [0.25, 0.3) is 0 Å². The van der Waals surface area contributed by atoms with Gasteiger partial charge in [0.05, 0.1) is 25.9 Å². The topological polar surface area (TPSA) is 48.1 Å². The van der Waals surface area contributed by atoms with Crippen molar-refractivity contribution in [3.63, 3.8) is 0 Å². The molecule has 0 N–H and O–H groups in total. The van der Waals surface area contributed by atoms with Gasteiger partial charge in [-0.05, 0) is 23.8 Å². The predicted octanol–water partition coefficient (Wildman–Crippen LogP) is 2.87. The van der Waals surface area contributed by atoms with Crippen molar-refractivity contribution in [2.75, 3.05) is 18.6 Å². The van der Waals surface area contributed by atoms with Gasteiger partial charge in [-0.2, -0.15) is 10.2 Å². The molecule has 3 aromatic rings. The Labute approximate surface area is 147 Å². The van der Waals surface area contributed by atoms with E-state index in [-0.39, 0.29) is 0 Å². The van der Waals surface area contributed by atoms with E-state index in [1.165, 1.54) is 5.56 Å². The molecule has 0 aliphatic heterocycles. The molecule has 2 heterocycles. The Balaban J connectivity index is 1.71. The van der Waals surface area contributed by atoms with Crippen molar-refractivity contribution in [3.8, 4) is 5.75 Å². The molecule has 0 saturated carbocycles. The minimum absolute atomic E-state index is 0.701. The van der Waals surface area contributed by atoms with Crippen LogP contribution in [0.1, 0.15) is 11.3 Å². The quantitative estimate of drug-likeness (QED) is 0.593. The number of benzene rings is 1. The molecule has 0 radical (unpaired) electrons. The zero-order valence-electron chi connectivity index (χ0n) is 14.7. The predicted molar refractivity (Wildman–Crippen MR) is 98.8 cm³/mol. The summed E-state index contributed by atoms with van der Waals surface area (Å²) < 4.78 is 8.94. The van der Waals surface area contributed by atoms with Crippen molar-refractivity contribution in [3.05, 3.63) is 72.7 Å². The first-order chi connectivity index (χ1) is 12.2. The second kappa shape index (κ2) is 7.70. The van der Waals surface area contributed by atoms with Crippen LogP contribution in [0.2, 0.25) is 0 Å². The van der Waals surface area contributed by atoms with Crippen LogP contribution in [0.15, 0.2) is 61.4 Å². The number of aromatic nitrogens is 4. The second-order valence-corrected chi connectivity index (χ2v) is 5.87. The van der Waals surface area contributed by atoms with Crippen molar-refractivity contribution >= 4 is 5.82 Å². The first-order valence-electron chi connectivity index (χ1n) is 8.18. The largest absolute Gasteiger partial charge is 0.497 e. The maximum atomic E-state index is 5.19. The highest BCUT2D eigenvalue weighted by molar-refractivity contribution is 5.38. The first kappa shape index (κ1) is 16.8. The Kier molecular flexibility index (Phi) is 5.18. The molecular formula is C19H23N5O. The fourth-order valence-electron chi connectivity index (χ4n) is 2.66. The molecule has 0 unspecified atom stereocenters. The van der Waals surface area contributed by atoms with Gasteiger partial charge in [-0.15, -0.1) is 6.58 Å². The van der Waals surface area contributed by atoms with Gasteiger partial charge in [0.2, 0.25) is 0 Å². The van der Waals surface area contributed by atoms with Crippen LogP contribution in [0.25, 0.3) is 0 Å². The molecule has 0 aliphatic rings. The van der Waals surface area contributed by atoms with Crippen LogP contribution in [0.3, 0.4) is 0 Å². The monoisotopic (exact) mass is 337 g/mol. The summed E-state index contributed by atoms with van der Waals surface area (Å²) >= 11 is 0. The highest BCUT2D eigenvalue weighted by atomic mass is 16.5. The number of hydrogen-bond acceptors (Lipinski definition) is 4. The molecule has 0 atom stereocenters. The standard InChI is InChI=1S/C19H23N5O/c1-4-11-23(15-17-9-12-22(2)20-17)19-10-13-24(21-19)14-16-5-7-18(25-3)8-6-16/h4-10,12-13H,1,11,14-15H2,2-3H3. The van der Waals surface area contributed by atoms with Gasteiger partial charge in [-0.3, -0.25) is 9.36 Å². The average molecular weight is 337 g/mol. The minimum atomic E-state index is 0.701. The van der Waals surface area contributed by atoms with Crippen LogP contribution in [-0.2, 0) is 20.1 Å². The summed E-state index contributed by atoms with van der Waals surface area (Å²) in [6, 6.07) is 12.1. The molecule has 6 nitrogen and oxygen atoms in total. The Morgan fingerprint density at radius 2 is 1.92 bits per heavy atom. The van der Waals surface area contributed by atoms with E-state index in [1.807, 2.05) is 59.1 Å². The van der Waals surface area contributed by atoms with Crippen LogP contribution in [-0.4, -0.2) is 33.2 Å². The van der Waals surface area contributed by atoms with Gasteiger partial charge in [0.15, 0.2) is 5.82 Å². The lowest BCUT2D eigenvalue weighted by atomic mass is 10.2. The third-order valence-electron chi connectivity index (χ3n) is 3.93. The highest BCUT2D eigenvalue weighted by Crippen LogP contribution is 2.16. The van der Waals surface area contributed by atoms with Gasteiger partial charge in [0, 0.05) is 32.1 Å². The van der Waals surface area contributed by atoms with Crippen molar-refractivity contribution in [1.29, 1.82) is 0 Å². The first-order valence-corrected chi connectivity index (χ1v) is 8.18. The maximum Gasteiger partial charge on any atom is 0.151 e. The van der Waals surface area contributed by atoms with Crippen molar-refractivity contribution in [2.24, 2.45) is 7.05 Å². The smallest absolute Gasteiger partial charge is 0.151 e. The normalized spacial score (nSPS) is 10.6. The molecule has 6 heteroatoms. The van der Waals surface area contributed by atoms with E-state index in [1.54, 1.807) is 7.11 Å². The summed E-state index contributed by atoms with van der Waals surface area (Å²) in [5.41, 5.74) is 2.18. The Bertz CT molecular complexity index is 818. The van der Waals surface area contributed by atoms with Crippen LogP contribution < -0.4 is 9.64 Å². The zero-order valence-corrected chi connectivity index (χ0v) is 14.7. The van der Waals surface area contributed by atoms with Crippen molar-refractivity contribution < 1.29 is 4.74 Å². The fourth-order valence-corrected chi connectivity index (χ4v) is 2.66. The number of anilines is 1. The molecule has 0 amide bonds. The lowest BCUT2D eigenvalue weighted by Crippen LogP contribution is -2.23. The third-order valence-corrected chi connectivity index (χ3v) is 3.93. The average Bonchev–Trinajstić information content (AvgIpc) is 3.24. The number of methoxy groups -OCH3 is 1. The molecule has 1 aromatic carbocycles. The highest BCUT2D eigenvalue weighted by Gasteiger charge is 2.11. The second-order valence-electron chi connectivity index (χ2n) is 5.87.